The minimum atomic E-state index is 0.817. The number of methoxy groups -OCH3 is 1. The van der Waals surface area contributed by atoms with Gasteiger partial charge in [-0.1, -0.05) is 0 Å². The van der Waals surface area contributed by atoms with Gasteiger partial charge < -0.3 is 4.74 Å². The number of hydrogen-bond acceptors (Lipinski definition) is 2. The molecule has 1 aromatic rings. The van der Waals surface area contributed by atoms with Crippen LogP contribution in [0.15, 0.2) is 6.07 Å². The molecule has 3 nitrogen and oxygen atoms in total. The minimum absolute atomic E-state index is 0.817. The maximum absolute atomic E-state index is 5.08. The Bertz CT molecular complexity index is 240. The number of nitrogens with zero attached hydrogens (tertiary/aromatic N) is 2. The second-order valence-electron chi connectivity index (χ2n) is 2.94. The third-order valence-electron chi connectivity index (χ3n) is 1.96. The van der Waals surface area contributed by atoms with Crippen LogP contribution < -0.4 is 4.74 Å². The Morgan fingerprint density at radius 1 is 1.82 bits per heavy atom. The van der Waals surface area contributed by atoms with E-state index in [0.717, 1.165) is 18.3 Å². The van der Waals surface area contributed by atoms with Crippen molar-refractivity contribution in [3.63, 3.8) is 0 Å². The highest BCUT2D eigenvalue weighted by Gasteiger charge is 2.22. The first-order valence-corrected chi connectivity index (χ1v) is 3.88. The van der Waals surface area contributed by atoms with Gasteiger partial charge in [-0.2, -0.15) is 5.10 Å². The summed E-state index contributed by atoms with van der Waals surface area (Å²) in [5, 5.41) is 4.03. The molecule has 0 spiro atoms. The molecule has 1 saturated carbocycles. The molecule has 59 valence electrons. The van der Waals surface area contributed by atoms with Gasteiger partial charge in [0, 0.05) is 12.6 Å². The number of aromatic nitrogens is 2. The summed E-state index contributed by atoms with van der Waals surface area (Å²) in [6, 6.07) is 1.77. The van der Waals surface area contributed by atoms with Crippen LogP contribution in [0, 0.1) is 12.1 Å². The topological polar surface area (TPSA) is 27.1 Å². The summed E-state index contributed by atoms with van der Waals surface area (Å²) < 4.78 is 6.96. The monoisotopic (exact) mass is 151 g/mol. The molecule has 0 bridgehead atoms. The molecule has 1 aliphatic carbocycles. The molecule has 1 heterocycles. The van der Waals surface area contributed by atoms with Crippen molar-refractivity contribution in [3.05, 3.63) is 12.3 Å². The summed E-state index contributed by atoms with van der Waals surface area (Å²) in [5.74, 6) is 1.65. The molecular formula is C8H11N2O. The van der Waals surface area contributed by atoms with E-state index < -0.39 is 0 Å². The van der Waals surface area contributed by atoms with Crippen LogP contribution >= 0.6 is 0 Å². The van der Waals surface area contributed by atoms with E-state index in [1.165, 1.54) is 12.8 Å². The zero-order chi connectivity index (χ0) is 7.68. The highest BCUT2D eigenvalue weighted by molar-refractivity contribution is 5.06. The van der Waals surface area contributed by atoms with Crippen molar-refractivity contribution in [1.29, 1.82) is 0 Å². The first-order chi connectivity index (χ1) is 5.40. The Hall–Kier alpha value is -0.990. The molecular weight excluding hydrogens is 140 g/mol. The van der Waals surface area contributed by atoms with Crippen molar-refractivity contribution < 1.29 is 4.74 Å². The SMILES string of the molecule is COc1c[c]nn1CC1CC1. The van der Waals surface area contributed by atoms with Crippen LogP contribution in [0.2, 0.25) is 0 Å². The van der Waals surface area contributed by atoms with Gasteiger partial charge in [-0.05, 0) is 18.8 Å². The van der Waals surface area contributed by atoms with Gasteiger partial charge in [0.25, 0.3) is 0 Å². The van der Waals surface area contributed by atoms with E-state index in [1.807, 2.05) is 4.68 Å². The molecule has 11 heavy (non-hydrogen) atoms. The van der Waals surface area contributed by atoms with Crippen molar-refractivity contribution in [2.24, 2.45) is 5.92 Å². The van der Waals surface area contributed by atoms with Crippen LogP contribution in [0.3, 0.4) is 0 Å². The Labute approximate surface area is 66.0 Å². The van der Waals surface area contributed by atoms with Crippen molar-refractivity contribution >= 4 is 0 Å². The quantitative estimate of drug-likeness (QED) is 0.646. The zero-order valence-corrected chi connectivity index (χ0v) is 6.58. The summed E-state index contributed by atoms with van der Waals surface area (Å²) >= 11 is 0. The fourth-order valence-corrected chi connectivity index (χ4v) is 1.12. The van der Waals surface area contributed by atoms with E-state index in [2.05, 4.69) is 11.3 Å². The summed E-state index contributed by atoms with van der Waals surface area (Å²) in [5.41, 5.74) is 0. The second kappa shape index (κ2) is 2.57. The average molecular weight is 151 g/mol. The van der Waals surface area contributed by atoms with Crippen LogP contribution in [0.5, 0.6) is 5.88 Å². The number of rotatable bonds is 3. The lowest BCUT2D eigenvalue weighted by Gasteiger charge is -2.03. The molecule has 2 rings (SSSR count). The Morgan fingerprint density at radius 2 is 2.64 bits per heavy atom. The minimum Gasteiger partial charge on any atom is -0.481 e. The molecule has 0 atom stereocenters. The predicted octanol–water partition coefficient (Wildman–Crippen LogP) is 1.10. The number of ether oxygens (including phenoxy) is 1. The standard InChI is InChI=1S/C8H11N2O/c1-11-8-4-5-9-10(8)6-7-2-3-7/h4,7H,2-3,6H2,1H3. The van der Waals surface area contributed by atoms with E-state index in [-0.39, 0.29) is 0 Å². The largest absolute Gasteiger partial charge is 0.481 e. The summed E-state index contributed by atoms with van der Waals surface area (Å²) in [6.45, 7) is 0.993. The molecule has 0 aliphatic heterocycles. The van der Waals surface area contributed by atoms with Crippen molar-refractivity contribution in [3.8, 4) is 5.88 Å². The summed E-state index contributed by atoms with van der Waals surface area (Å²) in [7, 11) is 1.66. The summed E-state index contributed by atoms with van der Waals surface area (Å²) in [4.78, 5) is 0. The van der Waals surface area contributed by atoms with Gasteiger partial charge >= 0.3 is 0 Å². The molecule has 0 unspecified atom stereocenters. The first kappa shape index (κ1) is 6.70. The highest BCUT2D eigenvalue weighted by Crippen LogP contribution is 2.31. The molecule has 1 aliphatic rings. The molecule has 1 fully saturated rings. The molecule has 0 aromatic carbocycles. The predicted molar refractivity (Wildman–Crippen MR) is 40.3 cm³/mol. The second-order valence-corrected chi connectivity index (χ2v) is 2.94. The Balaban J connectivity index is 2.07. The van der Waals surface area contributed by atoms with Crippen molar-refractivity contribution in [1.82, 2.24) is 9.78 Å². The van der Waals surface area contributed by atoms with Crippen molar-refractivity contribution in [2.75, 3.05) is 7.11 Å². The number of hydrogen-bond donors (Lipinski definition) is 0. The van der Waals surface area contributed by atoms with Crippen molar-refractivity contribution in [2.45, 2.75) is 19.4 Å². The lowest BCUT2D eigenvalue weighted by atomic mass is 10.4. The van der Waals surface area contributed by atoms with Gasteiger partial charge in [0.15, 0.2) is 0 Å². The third kappa shape index (κ3) is 1.37. The fraction of sp³-hybridized carbons (Fsp3) is 0.625. The normalized spacial score (nSPS) is 16.8. The molecule has 1 radical (unpaired) electrons. The molecule has 0 amide bonds. The van der Waals surface area contributed by atoms with Crippen LogP contribution in [0.25, 0.3) is 0 Å². The van der Waals surface area contributed by atoms with E-state index in [4.69, 9.17) is 4.74 Å². The fourth-order valence-electron chi connectivity index (χ4n) is 1.12. The van der Waals surface area contributed by atoms with Gasteiger partial charge in [0.2, 0.25) is 5.88 Å². The van der Waals surface area contributed by atoms with Gasteiger partial charge in [0.1, 0.15) is 6.20 Å². The van der Waals surface area contributed by atoms with Gasteiger partial charge in [0.05, 0.1) is 7.11 Å². The lowest BCUT2D eigenvalue weighted by Crippen LogP contribution is -2.03. The van der Waals surface area contributed by atoms with Gasteiger partial charge in [-0.3, -0.25) is 0 Å². The Morgan fingerprint density at radius 3 is 3.27 bits per heavy atom. The van der Waals surface area contributed by atoms with Crippen LogP contribution in [-0.4, -0.2) is 16.9 Å². The van der Waals surface area contributed by atoms with Crippen LogP contribution in [0.4, 0.5) is 0 Å². The van der Waals surface area contributed by atoms with E-state index >= 15 is 0 Å². The van der Waals surface area contributed by atoms with Gasteiger partial charge in [-0.25, -0.2) is 4.68 Å². The molecule has 1 aromatic heterocycles. The van der Waals surface area contributed by atoms with Crippen LogP contribution in [0.1, 0.15) is 12.8 Å². The van der Waals surface area contributed by atoms with E-state index in [9.17, 15) is 0 Å². The zero-order valence-electron chi connectivity index (χ0n) is 6.58. The summed E-state index contributed by atoms with van der Waals surface area (Å²) in [6.07, 6.45) is 5.44. The third-order valence-corrected chi connectivity index (χ3v) is 1.96. The van der Waals surface area contributed by atoms with Crippen LogP contribution in [-0.2, 0) is 6.54 Å². The highest BCUT2D eigenvalue weighted by atomic mass is 16.5. The van der Waals surface area contributed by atoms with Gasteiger partial charge in [-0.15, -0.1) is 0 Å². The first-order valence-electron chi connectivity index (χ1n) is 3.88. The smallest absolute Gasteiger partial charge is 0.212 e. The maximum Gasteiger partial charge on any atom is 0.212 e. The Kier molecular flexibility index (Phi) is 1.56. The molecule has 0 N–H and O–H groups in total. The lowest BCUT2D eigenvalue weighted by molar-refractivity contribution is 0.354. The molecule has 3 heteroatoms. The molecule has 0 saturated heterocycles. The van der Waals surface area contributed by atoms with E-state index in [0.29, 0.717) is 0 Å². The average Bonchev–Trinajstić information content (AvgIpc) is 2.68. The maximum atomic E-state index is 5.08. The van der Waals surface area contributed by atoms with E-state index in [1.54, 1.807) is 13.2 Å².